The summed E-state index contributed by atoms with van der Waals surface area (Å²) in [5.41, 5.74) is 6.87. The molecule has 1 heterocycles. The van der Waals surface area contributed by atoms with Crippen LogP contribution in [0.2, 0.25) is 0 Å². The van der Waals surface area contributed by atoms with E-state index in [1.54, 1.807) is 12.5 Å². The average Bonchev–Trinajstić information content (AvgIpc) is 2.85. The molecule has 0 amide bonds. The van der Waals surface area contributed by atoms with Crippen LogP contribution in [0.15, 0.2) is 54.1 Å². The highest BCUT2D eigenvalue weighted by molar-refractivity contribution is 5.86. The van der Waals surface area contributed by atoms with Gasteiger partial charge in [-0.25, -0.2) is 0 Å². The molecule has 150 valence electrons. The Morgan fingerprint density at radius 2 is 1.54 bits per heavy atom. The second-order valence-corrected chi connectivity index (χ2v) is 6.85. The Balaban J connectivity index is 0.000000409. The molecule has 1 aliphatic heterocycles. The molecule has 28 heavy (non-hydrogen) atoms. The predicted molar refractivity (Wildman–Crippen MR) is 115 cm³/mol. The van der Waals surface area contributed by atoms with Gasteiger partial charge in [0.05, 0.1) is 6.61 Å². The standard InChI is InChI=1S/C21H24O.C4H8O2/c1-3-9-16(10-4-2)21-18-12-6-5-11-17(18)15-22-20-14-8-7-13-19(20)21;1-3-6-4(2)5/h5-8,11-14H,3-4,9-10,15H2,1-2H3;3H2,1-2H3. The number of benzene rings is 2. The molecule has 3 rings (SSSR count). The van der Waals surface area contributed by atoms with Crippen molar-refractivity contribution in [1.29, 1.82) is 0 Å². The molecule has 0 aromatic heterocycles. The third-order valence-electron chi connectivity index (χ3n) is 4.63. The van der Waals surface area contributed by atoms with E-state index >= 15 is 0 Å². The van der Waals surface area contributed by atoms with Crippen molar-refractivity contribution in [3.05, 3.63) is 70.8 Å². The number of carbonyl (C=O) groups excluding carboxylic acids is 1. The third-order valence-corrected chi connectivity index (χ3v) is 4.63. The van der Waals surface area contributed by atoms with Gasteiger partial charge in [0.15, 0.2) is 0 Å². The van der Waals surface area contributed by atoms with Crippen LogP contribution in [0.1, 0.15) is 70.1 Å². The summed E-state index contributed by atoms with van der Waals surface area (Å²) in [5.74, 6) is 0.802. The highest BCUT2D eigenvalue weighted by Gasteiger charge is 2.21. The van der Waals surface area contributed by atoms with Crippen LogP contribution in [0.25, 0.3) is 5.57 Å². The Morgan fingerprint density at radius 1 is 0.929 bits per heavy atom. The number of para-hydroxylation sites is 1. The molecule has 0 bridgehead atoms. The topological polar surface area (TPSA) is 35.5 Å². The summed E-state index contributed by atoms with van der Waals surface area (Å²) in [4.78, 5) is 9.82. The van der Waals surface area contributed by atoms with Crippen LogP contribution in [-0.2, 0) is 16.1 Å². The molecule has 1 aliphatic rings. The predicted octanol–water partition coefficient (Wildman–Crippen LogP) is 6.55. The molecule has 0 N–H and O–H groups in total. The number of fused-ring (bicyclic) bond motifs is 2. The number of rotatable bonds is 5. The molecule has 0 saturated heterocycles. The Morgan fingerprint density at radius 3 is 2.11 bits per heavy atom. The van der Waals surface area contributed by atoms with Crippen LogP contribution in [0.5, 0.6) is 5.75 Å². The Bertz CT molecular complexity index is 747. The van der Waals surface area contributed by atoms with E-state index in [0.717, 1.165) is 18.6 Å². The molecule has 0 radical (unpaired) electrons. The van der Waals surface area contributed by atoms with Gasteiger partial charge >= 0.3 is 5.97 Å². The van der Waals surface area contributed by atoms with Crippen molar-refractivity contribution in [2.24, 2.45) is 0 Å². The van der Waals surface area contributed by atoms with Crippen LogP contribution in [-0.4, -0.2) is 12.6 Å². The second kappa shape index (κ2) is 11.3. The molecule has 0 saturated carbocycles. The minimum Gasteiger partial charge on any atom is -0.488 e. The molecular weight excluding hydrogens is 348 g/mol. The second-order valence-electron chi connectivity index (χ2n) is 6.85. The molecule has 0 unspecified atom stereocenters. The largest absolute Gasteiger partial charge is 0.488 e. The smallest absolute Gasteiger partial charge is 0.302 e. The van der Waals surface area contributed by atoms with Crippen molar-refractivity contribution < 1.29 is 14.3 Å². The summed E-state index contributed by atoms with van der Waals surface area (Å²) in [7, 11) is 0. The zero-order valence-electron chi connectivity index (χ0n) is 17.6. The quantitative estimate of drug-likeness (QED) is 0.552. The SMILES string of the molecule is CCCC(CCC)=C1c2ccccc2COc2ccccc21.CCOC(C)=O. The number of ether oxygens (including phenoxy) is 2. The zero-order valence-corrected chi connectivity index (χ0v) is 17.6. The zero-order chi connectivity index (χ0) is 20.4. The van der Waals surface area contributed by atoms with Gasteiger partial charge in [-0.05, 0) is 42.5 Å². The van der Waals surface area contributed by atoms with E-state index in [-0.39, 0.29) is 5.97 Å². The van der Waals surface area contributed by atoms with Gasteiger partial charge in [-0.1, -0.05) is 74.7 Å². The van der Waals surface area contributed by atoms with Gasteiger partial charge < -0.3 is 9.47 Å². The summed E-state index contributed by atoms with van der Waals surface area (Å²) in [5, 5.41) is 0. The molecule has 3 heteroatoms. The highest BCUT2D eigenvalue weighted by Crippen LogP contribution is 2.40. The molecule has 0 fully saturated rings. The lowest BCUT2D eigenvalue weighted by atomic mass is 9.87. The monoisotopic (exact) mass is 380 g/mol. The van der Waals surface area contributed by atoms with E-state index in [9.17, 15) is 4.79 Å². The number of hydrogen-bond acceptors (Lipinski definition) is 3. The maximum absolute atomic E-state index is 9.82. The van der Waals surface area contributed by atoms with Crippen molar-refractivity contribution in [3.8, 4) is 5.75 Å². The first-order chi connectivity index (χ1) is 13.6. The fourth-order valence-corrected chi connectivity index (χ4v) is 3.55. The fourth-order valence-electron chi connectivity index (χ4n) is 3.55. The maximum atomic E-state index is 9.82. The van der Waals surface area contributed by atoms with E-state index < -0.39 is 0 Å². The van der Waals surface area contributed by atoms with Crippen LogP contribution in [0.4, 0.5) is 0 Å². The van der Waals surface area contributed by atoms with Crippen LogP contribution >= 0.6 is 0 Å². The summed E-state index contributed by atoms with van der Waals surface area (Å²) in [6, 6.07) is 17.2. The van der Waals surface area contributed by atoms with E-state index in [4.69, 9.17) is 4.74 Å². The van der Waals surface area contributed by atoms with Gasteiger partial charge in [0.2, 0.25) is 0 Å². The number of carbonyl (C=O) groups is 1. The van der Waals surface area contributed by atoms with Crippen molar-refractivity contribution in [2.45, 2.75) is 60.0 Å². The fraction of sp³-hybridized carbons (Fsp3) is 0.400. The van der Waals surface area contributed by atoms with Crippen molar-refractivity contribution >= 4 is 11.5 Å². The minimum absolute atomic E-state index is 0.211. The first kappa shape index (κ1) is 21.7. The lowest BCUT2D eigenvalue weighted by Gasteiger charge is -2.17. The van der Waals surface area contributed by atoms with Gasteiger partial charge in [-0.3, -0.25) is 4.79 Å². The lowest BCUT2D eigenvalue weighted by Crippen LogP contribution is -1.97. The van der Waals surface area contributed by atoms with Crippen LogP contribution < -0.4 is 4.74 Å². The van der Waals surface area contributed by atoms with Gasteiger partial charge in [-0.2, -0.15) is 0 Å². The Hall–Kier alpha value is -2.55. The molecule has 0 atom stereocenters. The molecule has 2 aromatic rings. The maximum Gasteiger partial charge on any atom is 0.302 e. The van der Waals surface area contributed by atoms with Gasteiger partial charge in [0, 0.05) is 12.5 Å². The van der Waals surface area contributed by atoms with Gasteiger partial charge in [0.25, 0.3) is 0 Å². The number of esters is 1. The van der Waals surface area contributed by atoms with E-state index in [0.29, 0.717) is 13.2 Å². The number of hydrogen-bond donors (Lipinski definition) is 0. The molecular formula is C25H32O3. The lowest BCUT2D eigenvalue weighted by molar-refractivity contribution is -0.140. The molecule has 2 aromatic carbocycles. The average molecular weight is 381 g/mol. The van der Waals surface area contributed by atoms with Crippen molar-refractivity contribution in [3.63, 3.8) is 0 Å². The number of allylic oxidation sites excluding steroid dienone is 1. The van der Waals surface area contributed by atoms with E-state index in [1.807, 2.05) is 0 Å². The van der Waals surface area contributed by atoms with Crippen LogP contribution in [0.3, 0.4) is 0 Å². The Labute approximate surface area is 169 Å². The summed E-state index contributed by atoms with van der Waals surface area (Å²) >= 11 is 0. The first-order valence-electron chi connectivity index (χ1n) is 10.3. The van der Waals surface area contributed by atoms with Crippen molar-refractivity contribution in [1.82, 2.24) is 0 Å². The van der Waals surface area contributed by atoms with Crippen molar-refractivity contribution in [2.75, 3.05) is 6.61 Å². The first-order valence-corrected chi connectivity index (χ1v) is 10.3. The van der Waals surface area contributed by atoms with Gasteiger partial charge in [0.1, 0.15) is 12.4 Å². The summed E-state index contributed by atoms with van der Waals surface area (Å²) in [6.07, 6.45) is 4.69. The van der Waals surface area contributed by atoms with E-state index in [2.05, 4.69) is 67.1 Å². The molecule has 0 spiro atoms. The molecule has 0 aliphatic carbocycles. The highest BCUT2D eigenvalue weighted by atomic mass is 16.5. The third kappa shape index (κ3) is 5.72. The summed E-state index contributed by atoms with van der Waals surface area (Å²) < 4.78 is 10.5. The minimum atomic E-state index is -0.211. The summed E-state index contributed by atoms with van der Waals surface area (Å²) in [6.45, 7) is 8.84. The Kier molecular flexibility index (Phi) is 8.80. The molecule has 3 nitrogen and oxygen atoms in total. The van der Waals surface area contributed by atoms with E-state index in [1.165, 1.54) is 42.0 Å². The van der Waals surface area contributed by atoms with Crippen LogP contribution in [0, 0.1) is 0 Å². The normalized spacial score (nSPS) is 11.8. The van der Waals surface area contributed by atoms with Gasteiger partial charge in [-0.15, -0.1) is 0 Å².